The van der Waals surface area contributed by atoms with E-state index in [1.807, 2.05) is 47.6 Å². The number of imidazole rings is 2. The van der Waals surface area contributed by atoms with Gasteiger partial charge >= 0.3 is 24.5 Å². The molecule has 0 spiro atoms. The quantitative estimate of drug-likeness (QED) is 0.0778. The van der Waals surface area contributed by atoms with Gasteiger partial charge in [0.1, 0.15) is 41.0 Å². The van der Waals surface area contributed by atoms with Crippen molar-refractivity contribution in [1.29, 1.82) is 0 Å². The number of para-hydroxylation sites is 1. The number of aromatic nitrogens is 8. The van der Waals surface area contributed by atoms with Gasteiger partial charge in [-0.3, -0.25) is 19.8 Å². The van der Waals surface area contributed by atoms with Crippen LogP contribution in [0.2, 0.25) is 0 Å². The summed E-state index contributed by atoms with van der Waals surface area (Å²) < 4.78 is 100.0. The van der Waals surface area contributed by atoms with E-state index in [2.05, 4.69) is 71.9 Å². The average molecular weight is 1160 g/mol. The molecular weight excluding hydrogens is 1090 g/mol. The minimum Gasteiger partial charge on any atom is -0.410 e. The van der Waals surface area contributed by atoms with Crippen LogP contribution in [-0.2, 0) is 27.9 Å². The van der Waals surface area contributed by atoms with Crippen molar-refractivity contribution in [1.82, 2.24) is 44.3 Å². The van der Waals surface area contributed by atoms with Crippen LogP contribution in [0.4, 0.5) is 58.9 Å². The molecule has 83 heavy (non-hydrogen) atoms. The standard InChI is InChI=1S/C21H19F3N6O2.C14H16N2O3.C13H9F3N4.C6H15N.C4H8O/c1-20(2,3)16-9-17(29-32-16)28-19(31)27-13-4-6-14(7-5-13)30-11-26-15-8-12(21(22,23)24)10-25-18(15)30;1-14(2,3)11-9-12(16-19-11)15-13(17)18-10-7-5-4-6-8-10;14-13(15,16)8-5-11-12(18-6-8)20(7-19-11)10-3-1-9(17)2-4-10;1-4-7(5-2)6-3;1-2-4-5-3-1/h4-11H,1-3H3,(H2,27,28,29,31);4-9H,1-3H3,(H,15,16,17);1-7H,17H2;4-6H2,1-3H3;1-4H2. The smallest absolute Gasteiger partial charge is 0.410 e. The Kier molecular flexibility index (Phi) is 21.5. The number of pyridine rings is 2. The molecular formula is C58H67F6N13O6. The Bertz CT molecular complexity index is 3450. The fourth-order valence-corrected chi connectivity index (χ4v) is 7.39. The van der Waals surface area contributed by atoms with Crippen molar-refractivity contribution in [3.8, 4) is 17.1 Å². The van der Waals surface area contributed by atoms with Gasteiger partial charge in [-0.05, 0) is 105 Å². The summed E-state index contributed by atoms with van der Waals surface area (Å²) in [5, 5.41) is 15.4. The average Bonchev–Trinajstić information content (AvgIpc) is 4.30. The summed E-state index contributed by atoms with van der Waals surface area (Å²) in [6.45, 7) is 24.0. The third-order valence-corrected chi connectivity index (χ3v) is 12.1. The molecule has 7 heterocycles. The van der Waals surface area contributed by atoms with E-state index in [9.17, 15) is 35.9 Å². The highest BCUT2D eigenvalue weighted by Crippen LogP contribution is 2.33. The van der Waals surface area contributed by atoms with Crippen molar-refractivity contribution in [3.63, 3.8) is 0 Å². The molecule has 1 fully saturated rings. The van der Waals surface area contributed by atoms with Crippen LogP contribution in [0.5, 0.6) is 5.75 Å². The number of nitrogen functional groups attached to an aromatic ring is 1. The van der Waals surface area contributed by atoms with Crippen molar-refractivity contribution < 1.29 is 54.5 Å². The number of nitrogens with two attached hydrogens (primary N) is 1. The van der Waals surface area contributed by atoms with Crippen LogP contribution in [-0.4, -0.2) is 89.3 Å². The number of urea groups is 1. The number of nitrogens with zero attached hydrogens (tertiary/aromatic N) is 9. The lowest BCUT2D eigenvalue weighted by Gasteiger charge is -2.13. The van der Waals surface area contributed by atoms with Crippen molar-refractivity contribution in [2.75, 3.05) is 54.5 Å². The molecule has 10 rings (SSSR count). The number of hydrogen-bond donors (Lipinski definition) is 4. The summed E-state index contributed by atoms with van der Waals surface area (Å²) in [7, 11) is 0. The molecule has 25 heteroatoms. The highest BCUT2D eigenvalue weighted by Gasteiger charge is 2.33. The van der Waals surface area contributed by atoms with Gasteiger partial charge in [-0.15, -0.1) is 0 Å². The minimum absolute atomic E-state index is 0.128. The number of halogens is 6. The van der Waals surface area contributed by atoms with Crippen LogP contribution >= 0.6 is 0 Å². The molecule has 1 aliphatic rings. The molecule has 0 saturated carbocycles. The Balaban J connectivity index is 0.000000187. The zero-order chi connectivity index (χ0) is 60.5. The number of carbonyl (C=O) groups excluding carboxylic acids is 2. The Morgan fingerprint density at radius 2 is 1.05 bits per heavy atom. The second kappa shape index (κ2) is 28.2. The Morgan fingerprint density at radius 1 is 0.602 bits per heavy atom. The van der Waals surface area contributed by atoms with Crippen LogP contribution < -0.4 is 26.4 Å². The molecule has 0 aliphatic carbocycles. The molecule has 9 aromatic rings. The Labute approximate surface area is 475 Å². The Hall–Kier alpha value is -8.84. The number of ether oxygens (including phenoxy) is 2. The minimum atomic E-state index is -4.49. The van der Waals surface area contributed by atoms with Gasteiger partial charge in [0.05, 0.1) is 11.1 Å². The van der Waals surface area contributed by atoms with Crippen LogP contribution in [0.25, 0.3) is 33.7 Å². The predicted octanol–water partition coefficient (Wildman–Crippen LogP) is 14.1. The highest BCUT2D eigenvalue weighted by molar-refractivity contribution is 5.99. The van der Waals surface area contributed by atoms with E-state index >= 15 is 0 Å². The number of fused-ring (bicyclic) bond motifs is 2. The molecule has 1 saturated heterocycles. The van der Waals surface area contributed by atoms with Crippen molar-refractivity contribution in [2.45, 2.75) is 98.3 Å². The van der Waals surface area contributed by atoms with Gasteiger partial charge in [0.25, 0.3) is 0 Å². The summed E-state index contributed by atoms with van der Waals surface area (Å²) in [6, 6.07) is 27.1. The lowest BCUT2D eigenvalue weighted by molar-refractivity contribution is -0.138. The number of carbonyl (C=O) groups is 2. The van der Waals surface area contributed by atoms with E-state index in [0.29, 0.717) is 51.6 Å². The molecule has 0 atom stereocenters. The molecule has 1 aliphatic heterocycles. The maximum absolute atomic E-state index is 12.9. The summed E-state index contributed by atoms with van der Waals surface area (Å²) in [5.74, 6) is 2.44. The summed E-state index contributed by atoms with van der Waals surface area (Å²) in [5.41, 5.74) is 6.96. The monoisotopic (exact) mass is 1160 g/mol. The van der Waals surface area contributed by atoms with E-state index in [-0.39, 0.29) is 27.5 Å². The summed E-state index contributed by atoms with van der Waals surface area (Å²) in [6.07, 6.45) is -2.55. The first-order valence-electron chi connectivity index (χ1n) is 26.4. The third-order valence-electron chi connectivity index (χ3n) is 12.1. The Morgan fingerprint density at radius 3 is 1.43 bits per heavy atom. The van der Waals surface area contributed by atoms with Gasteiger partial charge in [0.2, 0.25) is 0 Å². The van der Waals surface area contributed by atoms with Crippen LogP contribution in [0, 0.1) is 0 Å². The molecule has 6 aromatic heterocycles. The van der Waals surface area contributed by atoms with Crippen molar-refractivity contribution in [2.24, 2.45) is 0 Å². The topological polar surface area (TPSA) is 231 Å². The molecule has 3 amide bonds. The third kappa shape index (κ3) is 18.9. The second-order valence-electron chi connectivity index (χ2n) is 20.5. The van der Waals surface area contributed by atoms with Gasteiger partial charge in [-0.1, -0.05) is 90.8 Å². The predicted molar refractivity (Wildman–Crippen MR) is 305 cm³/mol. The van der Waals surface area contributed by atoms with Crippen LogP contribution in [0.1, 0.15) is 97.8 Å². The zero-order valence-corrected chi connectivity index (χ0v) is 47.4. The van der Waals surface area contributed by atoms with Gasteiger partial charge in [0.15, 0.2) is 22.9 Å². The summed E-state index contributed by atoms with van der Waals surface area (Å²) >= 11 is 0. The van der Waals surface area contributed by atoms with Gasteiger partial charge in [-0.2, -0.15) is 26.3 Å². The fraction of sp³-hybridized carbons (Fsp3) is 0.345. The number of nitrogens with one attached hydrogen (secondary N) is 3. The van der Waals surface area contributed by atoms with E-state index in [1.54, 1.807) is 94.1 Å². The van der Waals surface area contributed by atoms with Crippen molar-refractivity contribution in [3.05, 3.63) is 151 Å². The second-order valence-corrected chi connectivity index (χ2v) is 20.5. The number of anilines is 4. The molecule has 0 unspecified atom stereocenters. The molecule has 0 radical (unpaired) electrons. The normalized spacial score (nSPS) is 12.4. The number of alkyl halides is 6. The van der Waals surface area contributed by atoms with Crippen LogP contribution in [0.3, 0.4) is 0 Å². The zero-order valence-electron chi connectivity index (χ0n) is 47.4. The number of benzene rings is 3. The molecule has 442 valence electrons. The highest BCUT2D eigenvalue weighted by atomic mass is 19.4. The first kappa shape index (κ1) is 63.3. The van der Waals surface area contributed by atoms with E-state index in [0.717, 1.165) is 43.4 Å². The van der Waals surface area contributed by atoms with Crippen molar-refractivity contribution >= 4 is 57.5 Å². The largest absolute Gasteiger partial charge is 0.418 e. The maximum atomic E-state index is 12.9. The van der Waals surface area contributed by atoms with E-state index in [4.69, 9.17) is 24.3 Å². The van der Waals surface area contributed by atoms with E-state index < -0.39 is 35.6 Å². The van der Waals surface area contributed by atoms with E-state index in [1.165, 1.54) is 45.1 Å². The molecule has 0 bridgehead atoms. The molecule has 3 aromatic carbocycles. The summed E-state index contributed by atoms with van der Waals surface area (Å²) in [4.78, 5) is 42.0. The lowest BCUT2D eigenvalue weighted by Crippen LogP contribution is -2.21. The van der Waals surface area contributed by atoms with Gasteiger partial charge < -0.3 is 34.5 Å². The van der Waals surface area contributed by atoms with Crippen LogP contribution in [0.15, 0.2) is 137 Å². The first-order valence-corrected chi connectivity index (χ1v) is 26.4. The number of rotatable bonds is 9. The lowest BCUT2D eigenvalue weighted by atomic mass is 9.93. The first-order chi connectivity index (χ1) is 39.2. The molecule has 19 nitrogen and oxygen atoms in total. The maximum Gasteiger partial charge on any atom is 0.418 e. The van der Waals surface area contributed by atoms with Gasteiger partial charge in [-0.25, -0.2) is 29.5 Å². The number of hydrogen-bond acceptors (Lipinski definition) is 14. The number of amides is 3. The van der Waals surface area contributed by atoms with Gasteiger partial charge in [0, 0.05) is 71.3 Å². The fourth-order valence-electron chi connectivity index (χ4n) is 7.39. The SMILES string of the molecule is C1CCOC1.CC(C)(C)c1cc(NC(=O)Nc2ccc(-n3cnc4cc(C(F)(F)F)cnc43)cc2)no1.CC(C)(C)c1cc(NC(=O)Oc2ccccc2)no1.CCN(CC)CC.Nc1ccc(-n2cnc3cc(C(F)(F)F)cnc32)cc1. The molecule has 5 N–H and O–H groups in total.